The van der Waals surface area contributed by atoms with Crippen LogP contribution in [-0.4, -0.2) is 46.2 Å². The summed E-state index contributed by atoms with van der Waals surface area (Å²) in [5, 5.41) is 11.9. The van der Waals surface area contributed by atoms with E-state index in [-0.39, 0.29) is 23.7 Å². The highest BCUT2D eigenvalue weighted by molar-refractivity contribution is 5.88. The van der Waals surface area contributed by atoms with Crippen molar-refractivity contribution < 1.29 is 22.8 Å². The van der Waals surface area contributed by atoms with Crippen LogP contribution in [0.5, 0.6) is 0 Å². The van der Waals surface area contributed by atoms with Gasteiger partial charge >= 0.3 is 12.2 Å². The highest BCUT2D eigenvalue weighted by Crippen LogP contribution is 2.29. The van der Waals surface area contributed by atoms with Gasteiger partial charge in [-0.3, -0.25) is 10.1 Å². The predicted octanol–water partition coefficient (Wildman–Crippen LogP) is 2.02. The summed E-state index contributed by atoms with van der Waals surface area (Å²) in [6.07, 6.45) is -1.39. The summed E-state index contributed by atoms with van der Waals surface area (Å²) < 4.78 is 37.3. The van der Waals surface area contributed by atoms with Crippen LogP contribution >= 0.6 is 0 Å². The minimum atomic E-state index is -4.57. The molecular formula is C15H18F3N5O2. The van der Waals surface area contributed by atoms with Gasteiger partial charge in [-0.1, -0.05) is 0 Å². The molecule has 1 saturated heterocycles. The number of anilines is 1. The Morgan fingerprint density at radius 3 is 2.28 bits per heavy atom. The second-order valence-electron chi connectivity index (χ2n) is 6.28. The molecule has 136 valence electrons. The van der Waals surface area contributed by atoms with Gasteiger partial charge in [0.1, 0.15) is 0 Å². The molecule has 0 unspecified atom stereocenters. The molecule has 10 heteroatoms. The van der Waals surface area contributed by atoms with Crippen LogP contribution in [0.1, 0.15) is 31.4 Å². The van der Waals surface area contributed by atoms with Gasteiger partial charge in [0.05, 0.1) is 0 Å². The lowest BCUT2D eigenvalue weighted by molar-refractivity contribution is -0.141. The molecular weight excluding hydrogens is 339 g/mol. The van der Waals surface area contributed by atoms with Crippen LogP contribution in [0.3, 0.4) is 0 Å². The predicted molar refractivity (Wildman–Crippen MR) is 81.5 cm³/mol. The quantitative estimate of drug-likeness (QED) is 0.866. The number of halogens is 3. The molecule has 7 nitrogen and oxygen atoms in total. The van der Waals surface area contributed by atoms with Crippen LogP contribution in [0.15, 0.2) is 12.1 Å². The van der Waals surface area contributed by atoms with Crippen molar-refractivity contribution in [1.82, 2.24) is 20.4 Å². The van der Waals surface area contributed by atoms with Crippen molar-refractivity contribution in [3.63, 3.8) is 0 Å². The van der Waals surface area contributed by atoms with Gasteiger partial charge in [0.15, 0.2) is 11.5 Å². The largest absolute Gasteiger partial charge is 0.435 e. The third kappa shape index (κ3) is 4.58. The van der Waals surface area contributed by atoms with Crippen molar-refractivity contribution in [2.75, 3.05) is 18.4 Å². The summed E-state index contributed by atoms with van der Waals surface area (Å²) >= 11 is 0. The van der Waals surface area contributed by atoms with E-state index in [0.29, 0.717) is 25.9 Å². The maximum absolute atomic E-state index is 12.4. The fourth-order valence-corrected chi connectivity index (χ4v) is 2.63. The average Bonchev–Trinajstić information content (AvgIpc) is 3.40. The lowest BCUT2D eigenvalue weighted by Crippen LogP contribution is -2.48. The fourth-order valence-electron chi connectivity index (χ4n) is 2.63. The summed E-state index contributed by atoms with van der Waals surface area (Å²) in [6.45, 7) is 0.908. The first-order valence-corrected chi connectivity index (χ1v) is 8.10. The van der Waals surface area contributed by atoms with E-state index in [1.807, 2.05) is 0 Å². The Bertz CT molecular complexity index is 638. The first-order chi connectivity index (χ1) is 11.8. The molecule has 1 aliphatic carbocycles. The molecule has 0 radical (unpaired) electrons. The maximum atomic E-state index is 12.4. The third-order valence-electron chi connectivity index (χ3n) is 4.27. The van der Waals surface area contributed by atoms with Gasteiger partial charge in [-0.25, -0.2) is 4.79 Å². The molecule has 1 aliphatic heterocycles. The molecule has 2 N–H and O–H groups in total. The second kappa shape index (κ2) is 6.85. The first-order valence-electron chi connectivity index (χ1n) is 8.10. The zero-order chi connectivity index (χ0) is 18.0. The molecule has 1 aromatic rings. The van der Waals surface area contributed by atoms with Crippen molar-refractivity contribution in [1.29, 1.82) is 0 Å². The molecule has 3 rings (SSSR count). The molecule has 2 fully saturated rings. The summed E-state index contributed by atoms with van der Waals surface area (Å²) in [7, 11) is 0. The number of likely N-dealkylation sites (tertiary alicyclic amines) is 1. The standard InChI is InChI=1S/C15H18F3N5O2/c16-15(17,18)11-3-4-12(22-21-11)20-14(25)23-7-5-10(6-8-23)19-13(24)9-1-2-9/h3-4,9-10H,1-2,5-8H2,(H,19,24)(H,20,22,25). The van der Waals surface area contributed by atoms with Crippen LogP contribution in [0.25, 0.3) is 0 Å². The van der Waals surface area contributed by atoms with E-state index in [0.717, 1.165) is 25.0 Å². The first kappa shape index (κ1) is 17.4. The Kier molecular flexibility index (Phi) is 4.78. The van der Waals surface area contributed by atoms with E-state index in [2.05, 4.69) is 20.8 Å². The van der Waals surface area contributed by atoms with E-state index in [1.54, 1.807) is 4.90 Å². The minimum Gasteiger partial charge on any atom is -0.353 e. The molecule has 1 aromatic heterocycles. The second-order valence-corrected chi connectivity index (χ2v) is 6.28. The molecule has 0 bridgehead atoms. The fraction of sp³-hybridized carbons (Fsp3) is 0.600. The number of rotatable bonds is 3. The number of piperidine rings is 1. The van der Waals surface area contributed by atoms with E-state index in [4.69, 9.17) is 0 Å². The van der Waals surface area contributed by atoms with E-state index in [9.17, 15) is 22.8 Å². The van der Waals surface area contributed by atoms with Gasteiger partial charge in [0.2, 0.25) is 5.91 Å². The highest BCUT2D eigenvalue weighted by atomic mass is 19.4. The van der Waals surface area contributed by atoms with Gasteiger partial charge in [-0.15, -0.1) is 10.2 Å². The third-order valence-corrected chi connectivity index (χ3v) is 4.27. The van der Waals surface area contributed by atoms with Crippen molar-refractivity contribution in [3.05, 3.63) is 17.8 Å². The summed E-state index contributed by atoms with van der Waals surface area (Å²) in [5.74, 6) is 0.199. The number of nitrogens with one attached hydrogen (secondary N) is 2. The number of amides is 3. The van der Waals surface area contributed by atoms with Crippen LogP contribution in [0.2, 0.25) is 0 Å². The van der Waals surface area contributed by atoms with Gasteiger partial charge in [0.25, 0.3) is 0 Å². The maximum Gasteiger partial charge on any atom is 0.435 e. The van der Waals surface area contributed by atoms with Gasteiger partial charge in [-0.2, -0.15) is 13.2 Å². The SMILES string of the molecule is O=C(NC1CCN(C(=O)Nc2ccc(C(F)(F)F)nn2)CC1)C1CC1. The number of alkyl halides is 3. The average molecular weight is 357 g/mol. The van der Waals surface area contributed by atoms with Crippen LogP contribution in [0, 0.1) is 5.92 Å². The summed E-state index contributed by atoms with van der Waals surface area (Å²) in [4.78, 5) is 25.4. The van der Waals surface area contributed by atoms with Crippen LogP contribution in [0.4, 0.5) is 23.8 Å². The Hall–Kier alpha value is -2.39. The molecule has 1 saturated carbocycles. The highest BCUT2D eigenvalue weighted by Gasteiger charge is 2.33. The molecule has 25 heavy (non-hydrogen) atoms. The molecule has 2 heterocycles. The normalized spacial score (nSPS) is 18.8. The zero-order valence-electron chi connectivity index (χ0n) is 13.3. The van der Waals surface area contributed by atoms with Gasteiger partial charge in [0, 0.05) is 25.0 Å². The topological polar surface area (TPSA) is 87.2 Å². The zero-order valence-corrected chi connectivity index (χ0v) is 13.3. The van der Waals surface area contributed by atoms with Crippen molar-refractivity contribution in [2.45, 2.75) is 37.9 Å². The number of nitrogens with zero attached hydrogens (tertiary/aromatic N) is 3. The lowest BCUT2D eigenvalue weighted by atomic mass is 10.1. The van der Waals surface area contributed by atoms with E-state index in [1.165, 1.54) is 0 Å². The van der Waals surface area contributed by atoms with E-state index >= 15 is 0 Å². The van der Waals surface area contributed by atoms with Crippen molar-refractivity contribution >= 4 is 17.8 Å². The number of urea groups is 1. The van der Waals surface area contributed by atoms with E-state index < -0.39 is 17.9 Å². The lowest BCUT2D eigenvalue weighted by Gasteiger charge is -2.32. The Morgan fingerprint density at radius 2 is 1.76 bits per heavy atom. The molecule has 0 atom stereocenters. The molecule has 2 aliphatic rings. The van der Waals surface area contributed by atoms with Crippen LogP contribution < -0.4 is 10.6 Å². The van der Waals surface area contributed by atoms with Crippen molar-refractivity contribution in [2.24, 2.45) is 5.92 Å². The van der Waals surface area contributed by atoms with Gasteiger partial charge < -0.3 is 10.2 Å². The Balaban J connectivity index is 1.46. The summed E-state index contributed by atoms with van der Waals surface area (Å²) in [6, 6.07) is 1.45. The molecule has 0 spiro atoms. The smallest absolute Gasteiger partial charge is 0.353 e. The summed E-state index contributed by atoms with van der Waals surface area (Å²) in [5.41, 5.74) is -1.11. The van der Waals surface area contributed by atoms with Crippen molar-refractivity contribution in [3.8, 4) is 0 Å². The number of hydrogen-bond acceptors (Lipinski definition) is 4. The number of hydrogen-bond donors (Lipinski definition) is 2. The van der Waals surface area contributed by atoms with Gasteiger partial charge in [-0.05, 0) is 37.8 Å². The Labute approximate surface area is 142 Å². The number of carbonyl (C=O) groups is 2. The number of aromatic nitrogens is 2. The Morgan fingerprint density at radius 1 is 1.08 bits per heavy atom. The van der Waals surface area contributed by atoms with Crippen LogP contribution in [-0.2, 0) is 11.0 Å². The number of carbonyl (C=O) groups excluding carboxylic acids is 2. The molecule has 3 amide bonds. The molecule has 0 aromatic carbocycles. The monoisotopic (exact) mass is 357 g/mol. The minimum absolute atomic E-state index is 0.0397.